The van der Waals surface area contributed by atoms with E-state index >= 15 is 0 Å². The number of hydrogen-bond acceptors (Lipinski definition) is 0. The predicted octanol–water partition coefficient (Wildman–Crippen LogP) is 5.23. The lowest BCUT2D eigenvalue weighted by atomic mass is 10.1. The molecular formula is C10H14Br2Cl2. The lowest BCUT2D eigenvalue weighted by Crippen LogP contribution is -2.10. The molecule has 82 valence electrons. The first kappa shape index (κ1) is 15.0. The quantitative estimate of drug-likeness (QED) is 0.463. The Morgan fingerprint density at radius 3 is 2.14 bits per heavy atom. The van der Waals surface area contributed by atoms with Crippen LogP contribution in [0.2, 0.25) is 0 Å². The van der Waals surface area contributed by atoms with Crippen molar-refractivity contribution < 1.29 is 0 Å². The summed E-state index contributed by atoms with van der Waals surface area (Å²) < 4.78 is 0. The van der Waals surface area contributed by atoms with Gasteiger partial charge < -0.3 is 0 Å². The molecule has 0 fully saturated rings. The molecule has 0 N–H and O–H groups in total. The van der Waals surface area contributed by atoms with Gasteiger partial charge in [0.15, 0.2) is 0 Å². The summed E-state index contributed by atoms with van der Waals surface area (Å²) in [7, 11) is 0. The Morgan fingerprint density at radius 2 is 1.79 bits per heavy atom. The molecule has 0 aliphatic carbocycles. The number of allylic oxidation sites excluding steroid dienone is 3. The van der Waals surface area contributed by atoms with E-state index in [2.05, 4.69) is 38.4 Å². The first-order valence-corrected chi connectivity index (χ1v) is 6.95. The molecule has 0 nitrogen and oxygen atoms in total. The van der Waals surface area contributed by atoms with Gasteiger partial charge in [-0.15, -0.1) is 23.2 Å². The van der Waals surface area contributed by atoms with Gasteiger partial charge in [-0.2, -0.15) is 0 Å². The van der Waals surface area contributed by atoms with Gasteiger partial charge in [-0.25, -0.2) is 0 Å². The Labute approximate surface area is 113 Å². The normalized spacial score (nSPS) is 16.9. The van der Waals surface area contributed by atoms with Crippen LogP contribution in [0.5, 0.6) is 0 Å². The van der Waals surface area contributed by atoms with E-state index in [4.69, 9.17) is 23.2 Å². The fourth-order valence-corrected chi connectivity index (χ4v) is 2.67. The summed E-state index contributed by atoms with van der Waals surface area (Å²) in [4.78, 5) is 0.163. The van der Waals surface area contributed by atoms with E-state index in [1.807, 2.05) is 19.9 Å². The SMILES string of the molecule is C=C(C)C(Br)CC(Br)C(C)=CC(Cl)Cl. The zero-order chi connectivity index (χ0) is 11.3. The Kier molecular flexibility index (Phi) is 7.85. The molecule has 0 bridgehead atoms. The standard InChI is InChI=1S/C10H14Br2Cl2/c1-6(2)8(11)5-9(12)7(3)4-10(13)14/h4,8-10H,1,5H2,2-3H3. The number of halogens is 4. The van der Waals surface area contributed by atoms with Crippen molar-refractivity contribution >= 4 is 55.1 Å². The minimum absolute atomic E-state index is 0.281. The second kappa shape index (κ2) is 7.32. The van der Waals surface area contributed by atoms with E-state index in [0.29, 0.717) is 4.83 Å². The molecule has 0 spiro atoms. The fraction of sp³-hybridized carbons (Fsp3) is 0.600. The minimum Gasteiger partial charge on any atom is -0.101 e. The molecule has 0 aliphatic rings. The topological polar surface area (TPSA) is 0 Å². The van der Waals surface area contributed by atoms with E-state index in [1.54, 1.807) is 0 Å². The molecule has 0 radical (unpaired) electrons. The van der Waals surface area contributed by atoms with E-state index in [1.165, 1.54) is 0 Å². The molecule has 4 heteroatoms. The second-order valence-electron chi connectivity index (χ2n) is 3.26. The molecule has 0 rings (SSSR count). The Bertz CT molecular complexity index is 224. The van der Waals surface area contributed by atoms with Crippen molar-refractivity contribution in [3.63, 3.8) is 0 Å². The van der Waals surface area contributed by atoms with E-state index < -0.39 is 4.84 Å². The monoisotopic (exact) mass is 362 g/mol. The lowest BCUT2D eigenvalue weighted by molar-refractivity contribution is 0.852. The highest BCUT2D eigenvalue weighted by atomic mass is 79.9. The fourth-order valence-electron chi connectivity index (χ4n) is 0.872. The van der Waals surface area contributed by atoms with Crippen LogP contribution in [0.15, 0.2) is 23.8 Å². The van der Waals surface area contributed by atoms with Crippen molar-refractivity contribution in [2.45, 2.75) is 34.8 Å². The molecule has 0 aromatic rings. The van der Waals surface area contributed by atoms with Gasteiger partial charge in [0.1, 0.15) is 4.84 Å². The second-order valence-corrected chi connectivity index (χ2v) is 6.64. The third-order valence-electron chi connectivity index (χ3n) is 1.83. The molecule has 0 heterocycles. The van der Waals surface area contributed by atoms with Crippen LogP contribution in [0.1, 0.15) is 20.3 Å². The molecule has 0 aliphatic heterocycles. The van der Waals surface area contributed by atoms with Crippen LogP contribution in [-0.2, 0) is 0 Å². The molecule has 0 aromatic heterocycles. The zero-order valence-electron chi connectivity index (χ0n) is 8.24. The molecule has 0 saturated carbocycles. The van der Waals surface area contributed by atoms with Crippen molar-refractivity contribution in [3.05, 3.63) is 23.8 Å². The minimum atomic E-state index is -0.436. The molecule has 2 atom stereocenters. The highest BCUT2D eigenvalue weighted by Crippen LogP contribution is 2.25. The molecule has 14 heavy (non-hydrogen) atoms. The summed E-state index contributed by atoms with van der Waals surface area (Å²) in [6, 6.07) is 0. The van der Waals surface area contributed by atoms with Crippen LogP contribution in [0.4, 0.5) is 0 Å². The number of alkyl halides is 4. The number of hydrogen-bond donors (Lipinski definition) is 0. The van der Waals surface area contributed by atoms with E-state index in [0.717, 1.165) is 17.6 Å². The van der Waals surface area contributed by atoms with Gasteiger partial charge in [0, 0.05) is 9.65 Å². The average Bonchev–Trinajstić information content (AvgIpc) is 2.02. The summed E-state index contributed by atoms with van der Waals surface area (Å²) in [5.74, 6) is 0. The molecule has 0 amide bonds. The molecule has 2 unspecified atom stereocenters. The Morgan fingerprint density at radius 1 is 1.29 bits per heavy atom. The van der Waals surface area contributed by atoms with Crippen molar-refractivity contribution in [2.75, 3.05) is 0 Å². The van der Waals surface area contributed by atoms with Crippen LogP contribution in [0.3, 0.4) is 0 Å². The summed E-state index contributed by atoms with van der Waals surface area (Å²) >= 11 is 18.4. The first-order valence-electron chi connectivity index (χ1n) is 4.24. The van der Waals surface area contributed by atoms with Gasteiger partial charge in [-0.05, 0) is 20.3 Å². The maximum atomic E-state index is 5.65. The number of rotatable bonds is 5. The average molecular weight is 365 g/mol. The largest absolute Gasteiger partial charge is 0.126 e. The van der Waals surface area contributed by atoms with Crippen LogP contribution < -0.4 is 0 Å². The van der Waals surface area contributed by atoms with Crippen LogP contribution in [-0.4, -0.2) is 14.5 Å². The maximum Gasteiger partial charge on any atom is 0.126 e. The molecule has 0 aromatic carbocycles. The summed E-state index contributed by atoms with van der Waals surface area (Å²) in [6.07, 6.45) is 2.78. The third-order valence-corrected chi connectivity index (χ3v) is 4.33. The van der Waals surface area contributed by atoms with Gasteiger partial charge >= 0.3 is 0 Å². The first-order chi connectivity index (χ1) is 6.34. The summed E-state index contributed by atoms with van der Waals surface area (Å²) in [5.41, 5.74) is 2.27. The van der Waals surface area contributed by atoms with Gasteiger partial charge in [0.2, 0.25) is 0 Å². The van der Waals surface area contributed by atoms with Gasteiger partial charge in [0.05, 0.1) is 0 Å². The van der Waals surface area contributed by atoms with Crippen LogP contribution in [0, 0.1) is 0 Å². The van der Waals surface area contributed by atoms with Gasteiger partial charge in [-0.1, -0.05) is 55.7 Å². The predicted molar refractivity (Wildman–Crippen MR) is 74.1 cm³/mol. The maximum absolute atomic E-state index is 5.65. The molecule has 0 saturated heterocycles. The van der Waals surface area contributed by atoms with Crippen LogP contribution in [0.25, 0.3) is 0 Å². The van der Waals surface area contributed by atoms with Crippen molar-refractivity contribution in [1.82, 2.24) is 0 Å². The highest BCUT2D eigenvalue weighted by Gasteiger charge is 2.14. The van der Waals surface area contributed by atoms with Gasteiger partial charge in [0.25, 0.3) is 0 Å². The van der Waals surface area contributed by atoms with Crippen LogP contribution >= 0.6 is 55.1 Å². The van der Waals surface area contributed by atoms with Crippen molar-refractivity contribution in [1.29, 1.82) is 0 Å². The summed E-state index contributed by atoms with van der Waals surface area (Å²) in [5, 5.41) is 0. The van der Waals surface area contributed by atoms with E-state index in [9.17, 15) is 0 Å². The summed E-state index contributed by atoms with van der Waals surface area (Å²) in [6.45, 7) is 7.90. The zero-order valence-corrected chi connectivity index (χ0v) is 12.9. The lowest BCUT2D eigenvalue weighted by Gasteiger charge is -2.15. The molecular weight excluding hydrogens is 351 g/mol. The smallest absolute Gasteiger partial charge is 0.101 e. The van der Waals surface area contributed by atoms with Crippen molar-refractivity contribution in [2.24, 2.45) is 0 Å². The van der Waals surface area contributed by atoms with E-state index in [-0.39, 0.29) is 4.83 Å². The Balaban J connectivity index is 4.20. The van der Waals surface area contributed by atoms with Gasteiger partial charge in [-0.3, -0.25) is 0 Å². The Hall–Kier alpha value is 1.02. The highest BCUT2D eigenvalue weighted by molar-refractivity contribution is 9.10. The third kappa shape index (κ3) is 6.49. The van der Waals surface area contributed by atoms with Crippen molar-refractivity contribution in [3.8, 4) is 0 Å².